The van der Waals surface area contributed by atoms with Gasteiger partial charge in [0.25, 0.3) is 0 Å². The molecule has 0 radical (unpaired) electrons. The zero-order valence-electron chi connectivity index (χ0n) is 10.4. The second-order valence-electron chi connectivity index (χ2n) is 4.14. The van der Waals surface area contributed by atoms with Gasteiger partial charge in [-0.15, -0.1) is 23.5 Å². The van der Waals surface area contributed by atoms with Gasteiger partial charge in [0.05, 0.1) is 11.2 Å². The van der Waals surface area contributed by atoms with Crippen LogP contribution in [0.1, 0.15) is 27.7 Å². The van der Waals surface area contributed by atoms with E-state index in [1.54, 1.807) is 23.5 Å². The third-order valence-electron chi connectivity index (χ3n) is 2.35. The van der Waals surface area contributed by atoms with Gasteiger partial charge in [0.15, 0.2) is 5.79 Å². The van der Waals surface area contributed by atoms with Crippen LogP contribution in [0.3, 0.4) is 0 Å². The first kappa shape index (κ1) is 14.6. The Morgan fingerprint density at radius 2 is 1.88 bits per heavy atom. The van der Waals surface area contributed by atoms with Gasteiger partial charge in [-0.2, -0.15) is 0 Å². The van der Waals surface area contributed by atoms with Crippen molar-refractivity contribution in [2.45, 2.75) is 50.3 Å². The fraction of sp³-hybridized carbons (Fsp3) is 1.00. The summed E-state index contributed by atoms with van der Waals surface area (Å²) in [6.07, 6.45) is -0.658. The number of rotatable bonds is 6. The van der Waals surface area contributed by atoms with Crippen LogP contribution in [0, 0.1) is 0 Å². The number of aliphatic hydroxyl groups is 1. The molecule has 0 spiro atoms. The molecule has 0 aromatic heterocycles. The van der Waals surface area contributed by atoms with Crippen LogP contribution >= 0.6 is 23.5 Å². The minimum absolute atomic E-state index is 0.178. The molecule has 0 aromatic carbocycles. The van der Waals surface area contributed by atoms with Crippen LogP contribution in [0.5, 0.6) is 0 Å². The number of aliphatic hydroxyl groups excluding tert-OH is 1. The first-order chi connectivity index (χ1) is 7.50. The minimum Gasteiger partial charge on any atom is -0.388 e. The summed E-state index contributed by atoms with van der Waals surface area (Å²) < 4.78 is 11.3. The molecule has 1 aliphatic rings. The first-order valence-corrected chi connectivity index (χ1v) is 7.83. The molecule has 1 rings (SSSR count). The van der Waals surface area contributed by atoms with Crippen molar-refractivity contribution in [2.75, 3.05) is 18.1 Å². The number of ether oxygens (including phenoxy) is 2. The van der Waals surface area contributed by atoms with Gasteiger partial charge in [-0.3, -0.25) is 0 Å². The molecule has 0 amide bonds. The topological polar surface area (TPSA) is 38.7 Å². The molecule has 0 saturated carbocycles. The van der Waals surface area contributed by atoms with Crippen LogP contribution in [0.25, 0.3) is 0 Å². The molecule has 1 heterocycles. The van der Waals surface area contributed by atoms with E-state index in [-0.39, 0.29) is 10.7 Å². The summed E-state index contributed by atoms with van der Waals surface area (Å²) in [4.78, 5) is 0. The molecule has 0 unspecified atom stereocenters. The van der Waals surface area contributed by atoms with Crippen molar-refractivity contribution < 1.29 is 14.6 Å². The van der Waals surface area contributed by atoms with Gasteiger partial charge in [0, 0.05) is 0 Å². The lowest BCUT2D eigenvalue weighted by atomic mass is 10.2. The van der Waals surface area contributed by atoms with Gasteiger partial charge < -0.3 is 14.6 Å². The lowest BCUT2D eigenvalue weighted by Crippen LogP contribution is -2.37. The zero-order valence-corrected chi connectivity index (χ0v) is 12.1. The van der Waals surface area contributed by atoms with E-state index in [1.807, 2.05) is 13.8 Å². The van der Waals surface area contributed by atoms with Crippen LogP contribution in [-0.4, -0.2) is 45.8 Å². The minimum atomic E-state index is -0.552. The smallest absolute Gasteiger partial charge is 0.163 e. The highest BCUT2D eigenvalue weighted by atomic mass is 32.2. The van der Waals surface area contributed by atoms with Crippen LogP contribution in [0.4, 0.5) is 0 Å². The predicted octanol–water partition coefficient (Wildman–Crippen LogP) is 2.33. The SMILES string of the molecule is CCSC(SCC)[C@H](O)[C@H]1COC(C)(C)O1. The van der Waals surface area contributed by atoms with E-state index in [1.165, 1.54) is 0 Å². The molecule has 5 heteroatoms. The molecule has 1 fully saturated rings. The number of hydrogen-bond acceptors (Lipinski definition) is 5. The molecule has 1 aliphatic heterocycles. The van der Waals surface area contributed by atoms with Gasteiger partial charge in [-0.1, -0.05) is 13.8 Å². The Bertz CT molecular complexity index is 203. The highest BCUT2D eigenvalue weighted by Gasteiger charge is 2.39. The van der Waals surface area contributed by atoms with Crippen molar-refractivity contribution in [3.63, 3.8) is 0 Å². The van der Waals surface area contributed by atoms with Crippen molar-refractivity contribution in [1.82, 2.24) is 0 Å². The maximum absolute atomic E-state index is 10.3. The average Bonchev–Trinajstić information content (AvgIpc) is 2.57. The van der Waals surface area contributed by atoms with E-state index in [9.17, 15) is 5.11 Å². The summed E-state index contributed by atoms with van der Waals surface area (Å²) in [5.74, 6) is 1.46. The molecule has 0 aromatic rings. The fourth-order valence-corrected chi connectivity index (χ4v) is 4.24. The third kappa shape index (κ3) is 4.11. The van der Waals surface area contributed by atoms with Gasteiger partial charge in [-0.05, 0) is 25.4 Å². The number of hydrogen-bond donors (Lipinski definition) is 1. The monoisotopic (exact) mass is 266 g/mol. The normalized spacial score (nSPS) is 26.2. The maximum Gasteiger partial charge on any atom is 0.163 e. The second-order valence-corrected chi connectivity index (χ2v) is 7.27. The largest absolute Gasteiger partial charge is 0.388 e. The highest BCUT2D eigenvalue weighted by molar-refractivity contribution is 8.17. The standard InChI is InChI=1S/C11H22O3S2/c1-5-15-10(16-6-2)9(12)8-7-13-11(3,4)14-8/h8-10,12H,5-7H2,1-4H3/t8-,9-/m1/s1. The second kappa shape index (κ2) is 6.50. The maximum atomic E-state index is 10.3. The lowest BCUT2D eigenvalue weighted by molar-refractivity contribution is -0.149. The van der Waals surface area contributed by atoms with E-state index >= 15 is 0 Å². The zero-order chi connectivity index (χ0) is 12.2. The van der Waals surface area contributed by atoms with Gasteiger partial charge in [0.1, 0.15) is 12.2 Å². The van der Waals surface area contributed by atoms with Crippen molar-refractivity contribution in [1.29, 1.82) is 0 Å². The molecule has 1 N–H and O–H groups in total. The molecular formula is C11H22O3S2. The van der Waals surface area contributed by atoms with Gasteiger partial charge in [-0.25, -0.2) is 0 Å². The lowest BCUT2D eigenvalue weighted by Gasteiger charge is -2.26. The summed E-state index contributed by atoms with van der Waals surface area (Å²) in [7, 11) is 0. The highest BCUT2D eigenvalue weighted by Crippen LogP contribution is 2.33. The summed E-state index contributed by atoms with van der Waals surface area (Å²) >= 11 is 3.55. The quantitative estimate of drug-likeness (QED) is 0.747. The fourth-order valence-electron chi connectivity index (χ4n) is 1.63. The Balaban J connectivity index is 2.50. The molecule has 1 saturated heterocycles. The summed E-state index contributed by atoms with van der Waals surface area (Å²) in [6, 6.07) is 0. The Labute approximate surface area is 107 Å². The Hall–Kier alpha value is 0.580. The molecule has 0 aliphatic carbocycles. The molecular weight excluding hydrogens is 244 g/mol. The third-order valence-corrected chi connectivity index (χ3v) is 5.05. The number of thioether (sulfide) groups is 2. The first-order valence-electron chi connectivity index (χ1n) is 5.73. The van der Waals surface area contributed by atoms with Crippen molar-refractivity contribution >= 4 is 23.5 Å². The van der Waals surface area contributed by atoms with E-state index in [4.69, 9.17) is 9.47 Å². The van der Waals surface area contributed by atoms with Crippen molar-refractivity contribution in [3.05, 3.63) is 0 Å². The molecule has 0 bridgehead atoms. The Kier molecular flexibility index (Phi) is 5.94. The molecule has 96 valence electrons. The van der Waals surface area contributed by atoms with E-state index in [0.717, 1.165) is 11.5 Å². The van der Waals surface area contributed by atoms with Gasteiger partial charge >= 0.3 is 0 Å². The van der Waals surface area contributed by atoms with Crippen LogP contribution in [-0.2, 0) is 9.47 Å². The summed E-state index contributed by atoms with van der Waals surface area (Å²) in [5, 5.41) is 10.3. The average molecular weight is 266 g/mol. The molecule has 3 nitrogen and oxygen atoms in total. The Morgan fingerprint density at radius 3 is 2.25 bits per heavy atom. The van der Waals surface area contributed by atoms with Crippen molar-refractivity contribution in [2.24, 2.45) is 0 Å². The van der Waals surface area contributed by atoms with Crippen LogP contribution < -0.4 is 0 Å². The molecule has 16 heavy (non-hydrogen) atoms. The van der Waals surface area contributed by atoms with E-state index in [2.05, 4.69) is 13.8 Å². The summed E-state index contributed by atoms with van der Waals surface area (Å²) in [6.45, 7) is 8.47. The van der Waals surface area contributed by atoms with Crippen LogP contribution in [0.15, 0.2) is 0 Å². The Morgan fingerprint density at radius 1 is 1.31 bits per heavy atom. The van der Waals surface area contributed by atoms with E-state index in [0.29, 0.717) is 6.61 Å². The molecule has 2 atom stereocenters. The van der Waals surface area contributed by atoms with Gasteiger partial charge in [0.2, 0.25) is 0 Å². The van der Waals surface area contributed by atoms with Crippen LogP contribution in [0.2, 0.25) is 0 Å². The van der Waals surface area contributed by atoms with Crippen molar-refractivity contribution in [3.8, 4) is 0 Å². The predicted molar refractivity (Wildman–Crippen MR) is 71.0 cm³/mol. The van der Waals surface area contributed by atoms with E-state index < -0.39 is 11.9 Å². The summed E-state index contributed by atoms with van der Waals surface area (Å²) in [5.41, 5.74) is 0.